The normalized spacial score (nSPS) is 25.6. The summed E-state index contributed by atoms with van der Waals surface area (Å²) in [7, 11) is 0. The second-order valence-corrected chi connectivity index (χ2v) is 11.5. The number of hydrogen-bond acceptors (Lipinski definition) is 7. The summed E-state index contributed by atoms with van der Waals surface area (Å²) in [4.78, 5) is 37.9. The van der Waals surface area contributed by atoms with Gasteiger partial charge in [-0.1, -0.05) is 6.92 Å². The number of aliphatic hydroxyl groups excluding tert-OH is 1. The molecule has 2 bridgehead atoms. The topological polar surface area (TPSA) is 107 Å². The van der Waals surface area contributed by atoms with Crippen molar-refractivity contribution in [2.24, 2.45) is 0 Å². The van der Waals surface area contributed by atoms with Crippen LogP contribution in [0.15, 0.2) is 12.3 Å². The molecule has 2 aromatic rings. The van der Waals surface area contributed by atoms with E-state index < -0.39 is 24.2 Å². The van der Waals surface area contributed by atoms with Crippen LogP contribution in [0.1, 0.15) is 84.1 Å². The van der Waals surface area contributed by atoms with Gasteiger partial charge in [0.05, 0.1) is 17.0 Å². The molecule has 0 spiro atoms. The Morgan fingerprint density at radius 3 is 2.42 bits per heavy atom. The van der Waals surface area contributed by atoms with Gasteiger partial charge in [-0.3, -0.25) is 9.59 Å². The number of fused-ring (bicyclic) bond motifs is 2. The van der Waals surface area contributed by atoms with Crippen LogP contribution >= 0.6 is 11.3 Å². The summed E-state index contributed by atoms with van der Waals surface area (Å²) in [6.07, 6.45) is 2.15. The quantitative estimate of drug-likeness (QED) is 0.462. The van der Waals surface area contributed by atoms with Crippen molar-refractivity contribution in [2.75, 3.05) is 5.32 Å². The van der Waals surface area contributed by atoms with Crippen molar-refractivity contribution in [1.82, 2.24) is 20.2 Å². The Morgan fingerprint density at radius 1 is 1.18 bits per heavy atom. The van der Waals surface area contributed by atoms with Gasteiger partial charge in [-0.2, -0.15) is 13.2 Å². The van der Waals surface area contributed by atoms with Gasteiger partial charge in [-0.25, -0.2) is 9.97 Å². The summed E-state index contributed by atoms with van der Waals surface area (Å²) in [5.41, 5.74) is 1.32. The van der Waals surface area contributed by atoms with E-state index in [2.05, 4.69) is 20.6 Å². The van der Waals surface area contributed by atoms with Gasteiger partial charge in [-0.05, 0) is 69.9 Å². The van der Waals surface area contributed by atoms with Gasteiger partial charge >= 0.3 is 6.18 Å². The number of thiazole rings is 1. The first-order valence-corrected chi connectivity index (χ1v) is 14.0. The number of carbonyl (C=O) groups is 2. The molecular formula is C26H32F3N5O3S. The molecule has 206 valence electrons. The summed E-state index contributed by atoms with van der Waals surface area (Å²) in [5.74, 6) is -0.602. The number of nitrogens with one attached hydrogen (secondary N) is 2. The third kappa shape index (κ3) is 5.12. The van der Waals surface area contributed by atoms with Crippen LogP contribution < -0.4 is 10.6 Å². The van der Waals surface area contributed by atoms with Gasteiger partial charge in [-0.15, -0.1) is 11.3 Å². The van der Waals surface area contributed by atoms with Crippen molar-refractivity contribution in [2.45, 2.75) is 102 Å². The fourth-order valence-electron chi connectivity index (χ4n) is 5.92. The van der Waals surface area contributed by atoms with Crippen LogP contribution in [-0.2, 0) is 0 Å². The molecule has 5 rings (SSSR count). The third-order valence-corrected chi connectivity index (χ3v) is 9.08. The molecule has 12 heteroatoms. The molecule has 1 aliphatic carbocycles. The predicted molar refractivity (Wildman–Crippen MR) is 137 cm³/mol. The molecule has 3 atom stereocenters. The molecule has 3 fully saturated rings. The number of aromatic nitrogens is 2. The minimum atomic E-state index is -4.41. The van der Waals surface area contributed by atoms with Crippen molar-refractivity contribution >= 4 is 29.0 Å². The number of nitrogens with zero attached hydrogens (tertiary/aromatic N) is 3. The lowest BCUT2D eigenvalue weighted by Gasteiger charge is -2.22. The van der Waals surface area contributed by atoms with Crippen LogP contribution in [0.4, 0.5) is 19.0 Å². The zero-order valence-corrected chi connectivity index (χ0v) is 22.2. The van der Waals surface area contributed by atoms with Gasteiger partial charge in [0.2, 0.25) is 0 Å². The van der Waals surface area contributed by atoms with E-state index in [0.717, 1.165) is 43.4 Å². The lowest BCUT2D eigenvalue weighted by molar-refractivity contribution is -0.142. The average Bonchev–Trinajstić information content (AvgIpc) is 3.66. The van der Waals surface area contributed by atoms with E-state index in [4.69, 9.17) is 0 Å². The highest BCUT2D eigenvalue weighted by Crippen LogP contribution is 2.41. The molecule has 2 aromatic heterocycles. The monoisotopic (exact) mass is 551 g/mol. The second kappa shape index (κ2) is 10.4. The lowest BCUT2D eigenvalue weighted by Crippen LogP contribution is -2.40. The Hall–Kier alpha value is -2.73. The maximum absolute atomic E-state index is 13.7. The highest BCUT2D eigenvalue weighted by atomic mass is 32.1. The summed E-state index contributed by atoms with van der Waals surface area (Å²) in [6.45, 7) is 3.18. The first-order chi connectivity index (χ1) is 18.1. The molecule has 8 nitrogen and oxygen atoms in total. The van der Waals surface area contributed by atoms with Crippen LogP contribution in [0.25, 0.3) is 10.4 Å². The fraction of sp³-hybridized carbons (Fsp3) is 0.615. The number of hydrogen-bond donors (Lipinski definition) is 3. The average molecular weight is 552 g/mol. The predicted octanol–water partition coefficient (Wildman–Crippen LogP) is 4.68. The molecule has 3 aliphatic rings. The first kappa shape index (κ1) is 26.9. The largest absolute Gasteiger partial charge is 0.408 e. The van der Waals surface area contributed by atoms with Gasteiger partial charge in [0.15, 0.2) is 5.01 Å². The zero-order chi connectivity index (χ0) is 27.2. The standard InChI is InChI=1S/C26H32F3N5O3S/c1-3-19(26(27,28)29)32-20-11-13(2)16(12-30-20)22-21(25(37)34-14-7-8-15(34)10-9-14)33-24(38-22)23(36)31-17-5-4-6-18(17)35/h11-12,14-15,17-19,35H,3-10H2,1-2H3,(H,30,32)(H,31,36)/t14?,15?,17-,18-,19+/m1/s1. The SMILES string of the molecule is CC[C@H](Nc1cc(C)c(-c2sc(C(=O)N[C@@H]3CCC[C@H]3O)nc2C(=O)N2C3CCC2CC3)cn1)C(F)(F)F. The molecule has 4 heterocycles. The smallest absolute Gasteiger partial charge is 0.391 e. The van der Waals surface area contributed by atoms with E-state index in [0.29, 0.717) is 28.8 Å². The van der Waals surface area contributed by atoms with Gasteiger partial charge in [0.25, 0.3) is 11.8 Å². The maximum atomic E-state index is 13.7. The molecule has 0 aromatic carbocycles. The van der Waals surface area contributed by atoms with Gasteiger partial charge in [0.1, 0.15) is 17.6 Å². The van der Waals surface area contributed by atoms with Crippen LogP contribution in [0, 0.1) is 6.92 Å². The number of carbonyl (C=O) groups excluding carboxylic acids is 2. The Balaban J connectivity index is 1.48. The first-order valence-electron chi connectivity index (χ1n) is 13.2. The van der Waals surface area contributed by atoms with Crippen molar-refractivity contribution in [3.05, 3.63) is 28.5 Å². The maximum Gasteiger partial charge on any atom is 0.408 e. The summed E-state index contributed by atoms with van der Waals surface area (Å²) < 4.78 is 39.8. The number of aryl methyl sites for hydroxylation is 1. The molecule has 3 N–H and O–H groups in total. The summed E-state index contributed by atoms with van der Waals surface area (Å²) in [5, 5.41) is 15.5. The second-order valence-electron chi connectivity index (χ2n) is 10.5. The number of alkyl halides is 3. The molecule has 2 aliphatic heterocycles. The van der Waals surface area contributed by atoms with E-state index in [9.17, 15) is 27.9 Å². The minimum Gasteiger partial charge on any atom is -0.391 e. The van der Waals surface area contributed by atoms with Gasteiger partial charge in [0, 0.05) is 23.8 Å². The Morgan fingerprint density at radius 2 is 1.87 bits per heavy atom. The Kier molecular flexibility index (Phi) is 7.38. The summed E-state index contributed by atoms with van der Waals surface area (Å²) >= 11 is 1.07. The lowest BCUT2D eigenvalue weighted by atomic mass is 10.0. The molecule has 0 unspecified atom stereocenters. The number of aliphatic hydroxyl groups is 1. The molecule has 1 saturated carbocycles. The number of amides is 2. The number of pyridine rings is 1. The van der Waals surface area contributed by atoms with Crippen molar-refractivity contribution in [3.63, 3.8) is 0 Å². The number of halogens is 3. The van der Waals surface area contributed by atoms with E-state index in [1.54, 1.807) is 6.92 Å². The van der Waals surface area contributed by atoms with E-state index in [1.165, 1.54) is 19.2 Å². The Labute approximate surface area is 223 Å². The Bertz CT molecular complexity index is 1200. The van der Waals surface area contributed by atoms with Crippen LogP contribution in [-0.4, -0.2) is 68.2 Å². The van der Waals surface area contributed by atoms with Crippen LogP contribution in [0.5, 0.6) is 0 Å². The number of rotatable bonds is 7. The molecule has 2 amide bonds. The number of anilines is 1. The molecule has 2 saturated heterocycles. The zero-order valence-electron chi connectivity index (χ0n) is 21.3. The van der Waals surface area contributed by atoms with Crippen LogP contribution in [0.2, 0.25) is 0 Å². The van der Waals surface area contributed by atoms with Crippen molar-refractivity contribution in [1.29, 1.82) is 0 Å². The van der Waals surface area contributed by atoms with Gasteiger partial charge < -0.3 is 20.6 Å². The summed E-state index contributed by atoms with van der Waals surface area (Å²) in [6, 6.07) is -0.254. The van der Waals surface area contributed by atoms with E-state index in [1.807, 2.05) is 4.90 Å². The van der Waals surface area contributed by atoms with Crippen molar-refractivity contribution in [3.8, 4) is 10.4 Å². The van der Waals surface area contributed by atoms with Crippen LogP contribution in [0.3, 0.4) is 0 Å². The van der Waals surface area contributed by atoms with E-state index in [-0.39, 0.29) is 47.0 Å². The molecule has 0 radical (unpaired) electrons. The third-order valence-electron chi connectivity index (χ3n) is 7.99. The highest BCUT2D eigenvalue weighted by Gasteiger charge is 2.44. The fourth-order valence-corrected chi connectivity index (χ4v) is 6.95. The minimum absolute atomic E-state index is 0.0820. The highest BCUT2D eigenvalue weighted by molar-refractivity contribution is 7.17. The van der Waals surface area contributed by atoms with E-state index >= 15 is 0 Å². The molecule has 38 heavy (non-hydrogen) atoms. The molecular weight excluding hydrogens is 519 g/mol. The van der Waals surface area contributed by atoms with Crippen molar-refractivity contribution < 1.29 is 27.9 Å².